The Morgan fingerprint density at radius 2 is 2.21 bits per heavy atom. The van der Waals surface area contributed by atoms with Crippen LogP contribution in [0.4, 0.5) is 5.69 Å². The first-order chi connectivity index (χ1) is 9.16. The molecule has 0 unspecified atom stereocenters. The van der Waals surface area contributed by atoms with Crippen LogP contribution in [0.2, 0.25) is 5.02 Å². The summed E-state index contributed by atoms with van der Waals surface area (Å²) in [4.78, 5) is 6.89. The molecular weight excluding hydrogens is 280 g/mol. The van der Waals surface area contributed by atoms with E-state index in [1.54, 1.807) is 0 Å². The molecule has 2 heterocycles. The highest BCUT2D eigenvalue weighted by Crippen LogP contribution is 2.29. The number of aromatic nitrogens is 2. The van der Waals surface area contributed by atoms with Crippen LogP contribution >= 0.6 is 23.8 Å². The van der Waals surface area contributed by atoms with E-state index in [1.807, 2.05) is 30.6 Å². The highest BCUT2D eigenvalue weighted by Gasteiger charge is 2.21. The maximum atomic E-state index is 6.21. The Kier molecular flexibility index (Phi) is 3.16. The van der Waals surface area contributed by atoms with E-state index in [4.69, 9.17) is 29.6 Å². The molecule has 1 aliphatic rings. The quantitative estimate of drug-likeness (QED) is 0.862. The lowest BCUT2D eigenvalue weighted by molar-refractivity contribution is 0.560. The number of thiocarbonyl (C=S) groups is 1. The number of fused-ring (bicyclic) bond motifs is 1. The van der Waals surface area contributed by atoms with Crippen LogP contribution in [0.1, 0.15) is 11.4 Å². The predicted molar refractivity (Wildman–Crippen MR) is 80.6 cm³/mol. The molecular formula is C13H13ClN4S. The number of hydrogen-bond acceptors (Lipinski definition) is 3. The Morgan fingerprint density at radius 1 is 1.37 bits per heavy atom. The van der Waals surface area contributed by atoms with Gasteiger partial charge in [-0.05, 0) is 12.1 Å². The van der Waals surface area contributed by atoms with Gasteiger partial charge in [-0.1, -0.05) is 29.9 Å². The van der Waals surface area contributed by atoms with Gasteiger partial charge in [0.2, 0.25) is 0 Å². The molecule has 0 spiro atoms. The fraction of sp³-hybridized carbons (Fsp3) is 0.231. The van der Waals surface area contributed by atoms with Crippen molar-refractivity contribution in [1.29, 1.82) is 0 Å². The van der Waals surface area contributed by atoms with Crippen molar-refractivity contribution in [3.05, 3.63) is 47.0 Å². The van der Waals surface area contributed by atoms with E-state index in [-0.39, 0.29) is 0 Å². The molecule has 1 aromatic heterocycles. The number of nitrogens with two attached hydrogens (primary N) is 1. The molecule has 4 nitrogen and oxygen atoms in total. The number of benzene rings is 1. The van der Waals surface area contributed by atoms with Crippen LogP contribution in [-0.4, -0.2) is 21.1 Å². The molecule has 0 saturated carbocycles. The van der Waals surface area contributed by atoms with Crippen molar-refractivity contribution in [2.45, 2.75) is 13.1 Å². The van der Waals surface area contributed by atoms with Crippen molar-refractivity contribution in [1.82, 2.24) is 9.55 Å². The Hall–Kier alpha value is -1.59. The summed E-state index contributed by atoms with van der Waals surface area (Å²) in [6, 6.07) is 5.73. The van der Waals surface area contributed by atoms with Gasteiger partial charge in [0.1, 0.15) is 10.8 Å². The molecule has 0 fully saturated rings. The molecule has 0 radical (unpaired) electrons. The van der Waals surface area contributed by atoms with Crippen LogP contribution in [0, 0.1) is 0 Å². The second kappa shape index (κ2) is 4.83. The molecule has 2 aromatic rings. The topological polar surface area (TPSA) is 47.1 Å². The lowest BCUT2D eigenvalue weighted by Crippen LogP contribution is -2.35. The molecule has 1 aliphatic heterocycles. The molecule has 19 heavy (non-hydrogen) atoms. The summed E-state index contributed by atoms with van der Waals surface area (Å²) in [7, 11) is 0. The van der Waals surface area contributed by atoms with E-state index in [1.165, 1.54) is 0 Å². The molecule has 1 aromatic carbocycles. The summed E-state index contributed by atoms with van der Waals surface area (Å²) in [5.74, 6) is 1.04. The zero-order chi connectivity index (χ0) is 13.4. The van der Waals surface area contributed by atoms with Gasteiger partial charge in [0.25, 0.3) is 0 Å². The van der Waals surface area contributed by atoms with Crippen molar-refractivity contribution in [3.63, 3.8) is 0 Å². The van der Waals surface area contributed by atoms with Gasteiger partial charge >= 0.3 is 0 Å². The zero-order valence-electron chi connectivity index (χ0n) is 10.2. The van der Waals surface area contributed by atoms with Gasteiger partial charge < -0.3 is 15.2 Å². The number of hydrogen-bond donors (Lipinski definition) is 1. The van der Waals surface area contributed by atoms with E-state index < -0.39 is 0 Å². The van der Waals surface area contributed by atoms with Gasteiger partial charge in [0.15, 0.2) is 0 Å². The van der Waals surface area contributed by atoms with Crippen LogP contribution in [0.25, 0.3) is 0 Å². The Labute approximate surface area is 121 Å². The fourth-order valence-electron chi connectivity index (χ4n) is 2.40. The van der Waals surface area contributed by atoms with Gasteiger partial charge in [-0.25, -0.2) is 4.98 Å². The Balaban J connectivity index is 2.00. The van der Waals surface area contributed by atoms with E-state index >= 15 is 0 Å². The Morgan fingerprint density at radius 3 is 3.00 bits per heavy atom. The van der Waals surface area contributed by atoms with E-state index in [9.17, 15) is 0 Å². The van der Waals surface area contributed by atoms with Crippen molar-refractivity contribution < 1.29 is 0 Å². The minimum Gasteiger partial charge on any atom is -0.389 e. The molecule has 98 valence electrons. The van der Waals surface area contributed by atoms with Crippen LogP contribution in [0.15, 0.2) is 30.6 Å². The van der Waals surface area contributed by atoms with Crippen molar-refractivity contribution in [2.24, 2.45) is 5.73 Å². The number of rotatable bonds is 2. The minimum atomic E-state index is 0.328. The number of anilines is 1. The third kappa shape index (κ3) is 2.19. The van der Waals surface area contributed by atoms with Crippen molar-refractivity contribution >= 4 is 34.5 Å². The predicted octanol–water partition coefficient (Wildman–Crippen LogP) is 2.19. The SMILES string of the molecule is NC(=S)c1c(Cl)cccc1N1CCn2ccnc2C1. The molecule has 0 atom stereocenters. The highest BCUT2D eigenvalue weighted by molar-refractivity contribution is 7.80. The highest BCUT2D eigenvalue weighted by atomic mass is 35.5. The summed E-state index contributed by atoms with van der Waals surface area (Å²) in [5, 5.41) is 0.596. The third-order valence-electron chi connectivity index (χ3n) is 3.32. The molecule has 0 bridgehead atoms. The molecule has 0 amide bonds. The summed E-state index contributed by atoms with van der Waals surface area (Å²) in [6.07, 6.45) is 3.82. The van der Waals surface area contributed by atoms with Crippen LogP contribution < -0.4 is 10.6 Å². The summed E-state index contributed by atoms with van der Waals surface area (Å²) in [6.45, 7) is 2.53. The third-order valence-corrected chi connectivity index (χ3v) is 3.84. The number of halogens is 1. The first-order valence-electron chi connectivity index (χ1n) is 6.00. The molecule has 2 N–H and O–H groups in total. The van der Waals surface area contributed by atoms with Crippen LogP contribution in [0.5, 0.6) is 0 Å². The maximum absolute atomic E-state index is 6.21. The minimum absolute atomic E-state index is 0.328. The smallest absolute Gasteiger partial charge is 0.128 e. The molecule has 0 aliphatic carbocycles. The van der Waals surface area contributed by atoms with Crippen molar-refractivity contribution in [3.8, 4) is 0 Å². The zero-order valence-corrected chi connectivity index (χ0v) is 11.8. The standard InChI is InChI=1S/C13H13ClN4S/c14-9-2-1-3-10(12(9)13(15)19)18-7-6-17-5-4-16-11(17)8-18/h1-5H,6-8H2,(H2,15,19). The lowest BCUT2D eigenvalue weighted by atomic mass is 10.1. The second-order valence-electron chi connectivity index (χ2n) is 4.46. The molecule has 3 rings (SSSR count). The van der Waals surface area contributed by atoms with Gasteiger partial charge in [0.05, 0.1) is 17.1 Å². The molecule has 6 heteroatoms. The monoisotopic (exact) mass is 292 g/mol. The first kappa shape index (κ1) is 12.4. The normalized spacial score (nSPS) is 14.3. The van der Waals surface area contributed by atoms with Gasteiger partial charge in [0, 0.05) is 31.2 Å². The largest absolute Gasteiger partial charge is 0.389 e. The molecule has 0 saturated heterocycles. The summed E-state index contributed by atoms with van der Waals surface area (Å²) < 4.78 is 2.15. The average Bonchev–Trinajstić information content (AvgIpc) is 2.85. The summed E-state index contributed by atoms with van der Waals surface area (Å²) in [5.41, 5.74) is 7.53. The van der Waals surface area contributed by atoms with Gasteiger partial charge in [-0.2, -0.15) is 0 Å². The van der Waals surface area contributed by atoms with Crippen LogP contribution in [0.3, 0.4) is 0 Å². The maximum Gasteiger partial charge on any atom is 0.128 e. The average molecular weight is 293 g/mol. The second-order valence-corrected chi connectivity index (χ2v) is 5.30. The number of nitrogens with zero attached hydrogens (tertiary/aromatic N) is 3. The lowest BCUT2D eigenvalue weighted by Gasteiger charge is -2.31. The number of imidazole rings is 1. The van der Waals surface area contributed by atoms with E-state index in [0.29, 0.717) is 10.0 Å². The Bertz CT molecular complexity index is 637. The van der Waals surface area contributed by atoms with E-state index in [2.05, 4.69) is 14.5 Å². The van der Waals surface area contributed by atoms with Crippen LogP contribution in [-0.2, 0) is 13.1 Å². The van der Waals surface area contributed by atoms with Gasteiger partial charge in [-0.3, -0.25) is 0 Å². The fourth-order valence-corrected chi connectivity index (χ4v) is 2.94. The summed E-state index contributed by atoms with van der Waals surface area (Å²) >= 11 is 11.3. The van der Waals surface area contributed by atoms with Gasteiger partial charge in [-0.15, -0.1) is 0 Å². The van der Waals surface area contributed by atoms with E-state index in [0.717, 1.165) is 36.7 Å². The van der Waals surface area contributed by atoms with Crippen molar-refractivity contribution in [2.75, 3.05) is 11.4 Å². The first-order valence-corrected chi connectivity index (χ1v) is 6.78.